The van der Waals surface area contributed by atoms with Gasteiger partial charge in [0.05, 0.1) is 0 Å². The molecular weight excluding hydrogens is 202 g/mol. The summed E-state index contributed by atoms with van der Waals surface area (Å²) in [5, 5.41) is 7.71. The van der Waals surface area contributed by atoms with Gasteiger partial charge >= 0.3 is 0 Å². The van der Waals surface area contributed by atoms with Crippen LogP contribution in [0.15, 0.2) is 47.2 Å². The maximum atomic E-state index is 3.36. The van der Waals surface area contributed by atoms with Crippen LogP contribution < -0.4 is 5.32 Å². The van der Waals surface area contributed by atoms with Gasteiger partial charge in [-0.15, -0.1) is 0 Å². The molecule has 0 saturated carbocycles. The lowest BCUT2D eigenvalue weighted by atomic mass is 10.0. The van der Waals surface area contributed by atoms with Gasteiger partial charge in [0.25, 0.3) is 0 Å². The average Bonchev–Trinajstić information content (AvgIpc) is 2.80. The van der Waals surface area contributed by atoms with Crippen molar-refractivity contribution in [3.63, 3.8) is 0 Å². The van der Waals surface area contributed by atoms with Crippen LogP contribution in [0, 0.1) is 0 Å². The molecule has 0 bridgehead atoms. The first-order valence-electron chi connectivity index (χ1n) is 5.13. The highest BCUT2D eigenvalue weighted by atomic mass is 32.1. The summed E-state index contributed by atoms with van der Waals surface area (Å²) in [5.41, 5.74) is 2.76. The molecule has 0 amide bonds. The van der Waals surface area contributed by atoms with Gasteiger partial charge in [0, 0.05) is 6.04 Å². The molecule has 0 radical (unpaired) electrons. The Morgan fingerprint density at radius 3 is 2.60 bits per heavy atom. The summed E-state index contributed by atoms with van der Waals surface area (Å²) in [6, 6.07) is 13.2. The molecule has 0 spiro atoms. The zero-order valence-corrected chi connectivity index (χ0v) is 9.63. The second kappa shape index (κ2) is 5.10. The number of thiophene rings is 1. The summed E-state index contributed by atoms with van der Waals surface area (Å²) in [6.07, 6.45) is 1.06. The van der Waals surface area contributed by atoms with E-state index in [2.05, 4.69) is 52.5 Å². The molecule has 1 aromatic heterocycles. The van der Waals surface area contributed by atoms with E-state index in [0.29, 0.717) is 6.04 Å². The molecule has 1 unspecified atom stereocenters. The lowest BCUT2D eigenvalue weighted by Gasteiger charge is -2.15. The zero-order valence-electron chi connectivity index (χ0n) is 8.81. The van der Waals surface area contributed by atoms with E-state index in [9.17, 15) is 0 Å². The van der Waals surface area contributed by atoms with Gasteiger partial charge in [0.15, 0.2) is 0 Å². The lowest BCUT2D eigenvalue weighted by molar-refractivity contribution is 0.593. The molecule has 1 atom stereocenters. The highest BCUT2D eigenvalue weighted by Gasteiger charge is 2.09. The smallest absolute Gasteiger partial charge is 0.0358 e. The Balaban J connectivity index is 2.12. The molecule has 0 aliphatic carbocycles. The zero-order chi connectivity index (χ0) is 10.5. The van der Waals surface area contributed by atoms with Crippen molar-refractivity contribution < 1.29 is 0 Å². The molecular formula is C13H15NS. The maximum absolute atomic E-state index is 3.36. The highest BCUT2D eigenvalue weighted by molar-refractivity contribution is 7.07. The van der Waals surface area contributed by atoms with E-state index in [1.54, 1.807) is 11.3 Å². The average molecular weight is 217 g/mol. The van der Waals surface area contributed by atoms with Crippen LogP contribution in [-0.2, 0) is 6.42 Å². The first kappa shape index (κ1) is 10.4. The first-order valence-corrected chi connectivity index (χ1v) is 6.07. The van der Waals surface area contributed by atoms with Crippen molar-refractivity contribution in [2.24, 2.45) is 0 Å². The molecule has 2 rings (SSSR count). The SMILES string of the molecule is CNC(Cc1ccsc1)c1ccccc1. The van der Waals surface area contributed by atoms with Crippen LogP contribution in [0.4, 0.5) is 0 Å². The van der Waals surface area contributed by atoms with E-state index in [1.165, 1.54) is 11.1 Å². The standard InChI is InChI=1S/C13H15NS/c1-14-13(9-11-7-8-15-10-11)12-5-3-2-4-6-12/h2-8,10,13-14H,9H2,1H3. The van der Waals surface area contributed by atoms with E-state index >= 15 is 0 Å². The number of benzene rings is 1. The van der Waals surface area contributed by atoms with E-state index in [-0.39, 0.29) is 0 Å². The minimum atomic E-state index is 0.417. The third kappa shape index (κ3) is 2.67. The van der Waals surface area contributed by atoms with E-state index in [0.717, 1.165) is 6.42 Å². The van der Waals surface area contributed by atoms with Crippen molar-refractivity contribution in [1.29, 1.82) is 0 Å². The van der Waals surface area contributed by atoms with Gasteiger partial charge in [0.2, 0.25) is 0 Å². The summed E-state index contributed by atoms with van der Waals surface area (Å²) < 4.78 is 0. The summed E-state index contributed by atoms with van der Waals surface area (Å²) in [4.78, 5) is 0. The summed E-state index contributed by atoms with van der Waals surface area (Å²) in [5.74, 6) is 0. The Bertz CT molecular complexity index is 380. The quantitative estimate of drug-likeness (QED) is 0.829. The van der Waals surface area contributed by atoms with Crippen LogP contribution >= 0.6 is 11.3 Å². The monoisotopic (exact) mass is 217 g/mol. The summed E-state index contributed by atoms with van der Waals surface area (Å²) >= 11 is 1.76. The Morgan fingerprint density at radius 1 is 1.20 bits per heavy atom. The van der Waals surface area contributed by atoms with Crippen LogP contribution in [0.1, 0.15) is 17.2 Å². The van der Waals surface area contributed by atoms with Crippen LogP contribution in [0.2, 0.25) is 0 Å². The van der Waals surface area contributed by atoms with Crippen molar-refractivity contribution in [2.75, 3.05) is 7.05 Å². The summed E-state index contributed by atoms with van der Waals surface area (Å²) in [6.45, 7) is 0. The van der Waals surface area contributed by atoms with Crippen LogP contribution in [0.25, 0.3) is 0 Å². The number of likely N-dealkylation sites (N-methyl/N-ethyl adjacent to an activating group) is 1. The second-order valence-electron chi connectivity index (χ2n) is 3.59. The second-order valence-corrected chi connectivity index (χ2v) is 4.37. The van der Waals surface area contributed by atoms with Crippen molar-refractivity contribution in [3.8, 4) is 0 Å². The lowest BCUT2D eigenvalue weighted by Crippen LogP contribution is -2.18. The van der Waals surface area contributed by atoms with Gasteiger partial charge in [-0.3, -0.25) is 0 Å². The number of rotatable bonds is 4. The molecule has 15 heavy (non-hydrogen) atoms. The Hall–Kier alpha value is -1.12. The number of nitrogens with one attached hydrogen (secondary N) is 1. The van der Waals surface area contributed by atoms with Gasteiger partial charge in [0.1, 0.15) is 0 Å². The number of hydrogen-bond donors (Lipinski definition) is 1. The van der Waals surface area contributed by atoms with Gasteiger partial charge in [-0.2, -0.15) is 11.3 Å². The van der Waals surface area contributed by atoms with Crippen LogP contribution in [-0.4, -0.2) is 7.05 Å². The third-order valence-corrected chi connectivity index (χ3v) is 3.30. The predicted octanol–water partition coefficient (Wildman–Crippen LogP) is 3.25. The fraction of sp³-hybridized carbons (Fsp3) is 0.231. The molecule has 0 fully saturated rings. The first-order chi connectivity index (χ1) is 7.40. The third-order valence-electron chi connectivity index (χ3n) is 2.57. The van der Waals surface area contributed by atoms with Crippen molar-refractivity contribution in [1.82, 2.24) is 5.32 Å². The highest BCUT2D eigenvalue weighted by Crippen LogP contribution is 2.19. The molecule has 1 nitrogen and oxygen atoms in total. The minimum absolute atomic E-state index is 0.417. The van der Waals surface area contributed by atoms with Gasteiger partial charge in [-0.1, -0.05) is 30.3 Å². The summed E-state index contributed by atoms with van der Waals surface area (Å²) in [7, 11) is 2.02. The fourth-order valence-electron chi connectivity index (χ4n) is 1.72. The van der Waals surface area contributed by atoms with E-state index in [1.807, 2.05) is 7.05 Å². The topological polar surface area (TPSA) is 12.0 Å². The molecule has 78 valence electrons. The molecule has 1 N–H and O–H groups in total. The molecule has 0 saturated heterocycles. The molecule has 0 aliphatic heterocycles. The van der Waals surface area contributed by atoms with Crippen molar-refractivity contribution >= 4 is 11.3 Å². The fourth-order valence-corrected chi connectivity index (χ4v) is 2.40. The largest absolute Gasteiger partial charge is 0.313 e. The predicted molar refractivity (Wildman–Crippen MR) is 66.3 cm³/mol. The Morgan fingerprint density at radius 2 is 2.00 bits per heavy atom. The minimum Gasteiger partial charge on any atom is -0.313 e. The molecule has 1 heterocycles. The maximum Gasteiger partial charge on any atom is 0.0358 e. The van der Waals surface area contributed by atoms with E-state index < -0.39 is 0 Å². The van der Waals surface area contributed by atoms with Gasteiger partial charge in [-0.25, -0.2) is 0 Å². The van der Waals surface area contributed by atoms with Crippen molar-refractivity contribution in [3.05, 3.63) is 58.3 Å². The normalized spacial score (nSPS) is 12.6. The van der Waals surface area contributed by atoms with Crippen molar-refractivity contribution in [2.45, 2.75) is 12.5 Å². The van der Waals surface area contributed by atoms with Gasteiger partial charge in [-0.05, 0) is 41.4 Å². The Kier molecular flexibility index (Phi) is 3.54. The molecule has 2 aromatic rings. The number of hydrogen-bond acceptors (Lipinski definition) is 2. The Labute approximate surface area is 94.8 Å². The van der Waals surface area contributed by atoms with Gasteiger partial charge < -0.3 is 5.32 Å². The molecule has 2 heteroatoms. The van der Waals surface area contributed by atoms with E-state index in [4.69, 9.17) is 0 Å². The molecule has 1 aromatic carbocycles. The van der Waals surface area contributed by atoms with Crippen LogP contribution in [0.3, 0.4) is 0 Å². The molecule has 0 aliphatic rings. The van der Waals surface area contributed by atoms with Crippen LogP contribution in [0.5, 0.6) is 0 Å².